The second-order valence-electron chi connectivity index (χ2n) is 10.2. The number of fused-ring (bicyclic) bond motifs is 5. The van der Waals surface area contributed by atoms with Gasteiger partial charge in [-0.1, -0.05) is 29.8 Å². The van der Waals surface area contributed by atoms with Gasteiger partial charge in [0.15, 0.2) is 6.10 Å². The van der Waals surface area contributed by atoms with Crippen LogP contribution in [0.2, 0.25) is 5.02 Å². The van der Waals surface area contributed by atoms with Gasteiger partial charge >= 0.3 is 18.3 Å². The molecular weight excluding hydrogens is 553 g/mol. The van der Waals surface area contributed by atoms with Crippen molar-refractivity contribution < 1.29 is 32.3 Å². The first-order valence-corrected chi connectivity index (χ1v) is 13.0. The first-order valence-electron chi connectivity index (χ1n) is 12.7. The molecule has 0 aliphatic carbocycles. The van der Waals surface area contributed by atoms with E-state index < -0.39 is 36.4 Å². The third-order valence-electron chi connectivity index (χ3n) is 7.77. The highest BCUT2D eigenvalue weighted by Gasteiger charge is 2.44. The van der Waals surface area contributed by atoms with Crippen LogP contribution in [0.15, 0.2) is 36.5 Å². The SMILES string of the molecule is O=C1Nc2ccccc2C2(CCN(C(=O)O[C@H]3Cc4cc(Cl)c5[nH]ncc5c4CN(CC(F)(F)F)C3=O)CC2)N1. The fourth-order valence-electron chi connectivity index (χ4n) is 5.86. The summed E-state index contributed by atoms with van der Waals surface area (Å²) < 4.78 is 45.9. The lowest BCUT2D eigenvalue weighted by atomic mass is 9.79. The van der Waals surface area contributed by atoms with Crippen molar-refractivity contribution in [1.82, 2.24) is 25.3 Å². The smallest absolute Gasteiger partial charge is 0.410 e. The summed E-state index contributed by atoms with van der Waals surface area (Å²) in [5, 5.41) is 13.2. The number of rotatable bonds is 2. The van der Waals surface area contributed by atoms with Crippen LogP contribution in [-0.4, -0.2) is 69.9 Å². The average Bonchev–Trinajstić information content (AvgIpc) is 3.36. The molecule has 2 aromatic carbocycles. The molecular formula is C26H24ClF3N6O4. The van der Waals surface area contributed by atoms with Gasteiger partial charge in [0.25, 0.3) is 5.91 Å². The first kappa shape index (κ1) is 26.2. The normalized spacial score (nSPS) is 20.4. The topological polar surface area (TPSA) is 120 Å². The van der Waals surface area contributed by atoms with E-state index in [0.29, 0.717) is 50.5 Å². The van der Waals surface area contributed by atoms with Gasteiger partial charge in [0.2, 0.25) is 0 Å². The average molecular weight is 577 g/mol. The Hall–Kier alpha value is -4.00. The Morgan fingerprint density at radius 1 is 1.20 bits per heavy atom. The molecule has 210 valence electrons. The second-order valence-corrected chi connectivity index (χ2v) is 10.6. The van der Waals surface area contributed by atoms with E-state index in [1.165, 1.54) is 11.1 Å². The lowest BCUT2D eigenvalue weighted by molar-refractivity contribution is -0.167. The maximum atomic E-state index is 13.4. The number of benzene rings is 2. The van der Waals surface area contributed by atoms with Gasteiger partial charge in [-0.2, -0.15) is 18.3 Å². The molecule has 0 bridgehead atoms. The van der Waals surface area contributed by atoms with Crippen molar-refractivity contribution in [1.29, 1.82) is 0 Å². The van der Waals surface area contributed by atoms with Crippen molar-refractivity contribution in [3.8, 4) is 0 Å². The monoisotopic (exact) mass is 576 g/mol. The lowest BCUT2D eigenvalue weighted by Gasteiger charge is -2.45. The van der Waals surface area contributed by atoms with Gasteiger partial charge in [-0.15, -0.1) is 0 Å². The van der Waals surface area contributed by atoms with Crippen LogP contribution >= 0.6 is 11.6 Å². The van der Waals surface area contributed by atoms with Crippen molar-refractivity contribution in [2.75, 3.05) is 25.0 Å². The number of aromatic nitrogens is 2. The minimum absolute atomic E-state index is 0.137. The van der Waals surface area contributed by atoms with E-state index in [1.807, 2.05) is 24.3 Å². The summed E-state index contributed by atoms with van der Waals surface area (Å²) in [6, 6.07) is 8.63. The highest BCUT2D eigenvalue weighted by molar-refractivity contribution is 6.35. The van der Waals surface area contributed by atoms with Gasteiger partial charge in [0, 0.05) is 42.7 Å². The van der Waals surface area contributed by atoms with Crippen molar-refractivity contribution in [2.24, 2.45) is 0 Å². The number of para-hydroxylation sites is 1. The van der Waals surface area contributed by atoms with Gasteiger partial charge in [-0.3, -0.25) is 9.89 Å². The second kappa shape index (κ2) is 9.58. The fourth-order valence-corrected chi connectivity index (χ4v) is 6.14. The van der Waals surface area contributed by atoms with E-state index in [4.69, 9.17) is 16.3 Å². The van der Waals surface area contributed by atoms with Crippen molar-refractivity contribution >= 4 is 46.2 Å². The van der Waals surface area contributed by atoms with E-state index in [9.17, 15) is 27.6 Å². The number of hydrogen-bond acceptors (Lipinski definition) is 5. The quantitative estimate of drug-likeness (QED) is 0.420. The number of nitrogens with one attached hydrogen (secondary N) is 3. The molecule has 0 radical (unpaired) electrons. The summed E-state index contributed by atoms with van der Waals surface area (Å²) in [7, 11) is 0. The molecule has 1 aromatic heterocycles. The Bertz CT molecular complexity index is 1520. The Morgan fingerprint density at radius 3 is 2.70 bits per heavy atom. The van der Waals surface area contributed by atoms with Crippen molar-refractivity contribution in [2.45, 2.75) is 43.6 Å². The number of carbonyl (C=O) groups is 3. The maximum Gasteiger partial charge on any atom is 0.410 e. The van der Waals surface area contributed by atoms with E-state index in [2.05, 4.69) is 20.8 Å². The molecule has 14 heteroatoms. The summed E-state index contributed by atoms with van der Waals surface area (Å²) in [4.78, 5) is 40.9. The molecule has 0 unspecified atom stereocenters. The largest absolute Gasteiger partial charge is 0.436 e. The van der Waals surface area contributed by atoms with Crippen LogP contribution in [0.3, 0.4) is 0 Å². The standard InChI is InChI=1S/C26H24ClF3N6O4/c27-18-9-14-10-20(22(37)36(13-26(28,29)30)12-16(14)15-11-31-34-21(15)18)40-24(39)35-7-5-25(6-8-35)17-3-1-2-4-19(17)32-23(38)33-25/h1-4,9,11,20H,5-8,10,12-13H2,(H,31,34)(H2,32,33,38)/t20-/m0/s1. The lowest BCUT2D eigenvalue weighted by Crippen LogP contribution is -2.57. The summed E-state index contributed by atoms with van der Waals surface area (Å²) in [5.41, 5.74) is 2.33. The van der Waals surface area contributed by atoms with E-state index in [0.717, 1.165) is 5.56 Å². The molecule has 3 aromatic rings. The third-order valence-corrected chi connectivity index (χ3v) is 8.06. The summed E-state index contributed by atoms with van der Waals surface area (Å²) in [6.07, 6.45) is -4.86. The number of likely N-dealkylation sites (tertiary alicyclic amines) is 1. The highest BCUT2D eigenvalue weighted by Crippen LogP contribution is 2.40. The number of halogens is 4. The van der Waals surface area contributed by atoms with Crippen LogP contribution in [0.25, 0.3) is 10.9 Å². The minimum Gasteiger partial charge on any atom is -0.436 e. The van der Waals surface area contributed by atoms with Crippen molar-refractivity contribution in [3.05, 3.63) is 58.2 Å². The molecule has 1 fully saturated rings. The highest BCUT2D eigenvalue weighted by atomic mass is 35.5. The van der Waals surface area contributed by atoms with Gasteiger partial charge in [-0.25, -0.2) is 9.59 Å². The Kier molecular flexibility index (Phi) is 6.28. The summed E-state index contributed by atoms with van der Waals surface area (Å²) in [6.45, 7) is -1.42. The summed E-state index contributed by atoms with van der Waals surface area (Å²) in [5.74, 6) is -0.942. The molecule has 3 aliphatic rings. The number of nitrogens with zero attached hydrogens (tertiary/aromatic N) is 3. The van der Waals surface area contributed by atoms with Crippen LogP contribution in [0.4, 0.5) is 28.4 Å². The number of anilines is 1. The minimum atomic E-state index is -4.66. The molecule has 3 N–H and O–H groups in total. The predicted molar refractivity (Wildman–Crippen MR) is 138 cm³/mol. The van der Waals surface area contributed by atoms with E-state index >= 15 is 0 Å². The number of urea groups is 1. The zero-order chi connectivity index (χ0) is 28.2. The molecule has 1 spiro atoms. The molecule has 1 atom stereocenters. The molecule has 0 saturated carbocycles. The number of H-pyrrole nitrogens is 1. The molecule has 1 saturated heterocycles. The van der Waals surface area contributed by atoms with Crippen LogP contribution in [0.5, 0.6) is 0 Å². The molecule has 4 amide bonds. The van der Waals surface area contributed by atoms with Crippen LogP contribution in [-0.2, 0) is 28.0 Å². The number of alkyl halides is 3. The Balaban J connectivity index is 1.23. The zero-order valence-corrected chi connectivity index (χ0v) is 21.7. The van der Waals surface area contributed by atoms with Crippen LogP contribution in [0.1, 0.15) is 29.5 Å². The molecule has 6 rings (SSSR count). The van der Waals surface area contributed by atoms with Crippen LogP contribution < -0.4 is 10.6 Å². The van der Waals surface area contributed by atoms with Gasteiger partial charge in [0.05, 0.1) is 22.3 Å². The van der Waals surface area contributed by atoms with E-state index in [-0.39, 0.29) is 32.1 Å². The van der Waals surface area contributed by atoms with Gasteiger partial charge in [0.1, 0.15) is 6.54 Å². The molecule has 4 heterocycles. The summed E-state index contributed by atoms with van der Waals surface area (Å²) >= 11 is 6.36. The first-order chi connectivity index (χ1) is 19.0. The number of piperidine rings is 1. The third kappa shape index (κ3) is 4.67. The zero-order valence-electron chi connectivity index (χ0n) is 21.0. The number of hydrogen-bond donors (Lipinski definition) is 3. The molecule has 10 nitrogen and oxygen atoms in total. The number of aromatic amines is 1. The maximum absolute atomic E-state index is 13.4. The van der Waals surface area contributed by atoms with E-state index in [1.54, 1.807) is 6.07 Å². The van der Waals surface area contributed by atoms with Gasteiger partial charge in [-0.05, 0) is 36.1 Å². The van der Waals surface area contributed by atoms with Crippen molar-refractivity contribution in [3.63, 3.8) is 0 Å². The number of carbonyl (C=O) groups excluding carboxylic acids is 3. The Labute approximate surface area is 230 Å². The van der Waals surface area contributed by atoms with Gasteiger partial charge < -0.3 is 25.2 Å². The molecule has 3 aliphatic heterocycles. The predicted octanol–water partition coefficient (Wildman–Crippen LogP) is 4.29. The number of ether oxygens (including phenoxy) is 1. The molecule has 40 heavy (non-hydrogen) atoms. The fraction of sp³-hybridized carbons (Fsp3) is 0.385. The van der Waals surface area contributed by atoms with Crippen LogP contribution in [0, 0.1) is 0 Å². The number of amides is 4. The Morgan fingerprint density at radius 2 is 1.95 bits per heavy atom.